The van der Waals surface area contributed by atoms with E-state index in [2.05, 4.69) is 30.1 Å². The summed E-state index contributed by atoms with van der Waals surface area (Å²) in [5.41, 5.74) is 24.2. The lowest BCUT2D eigenvalue weighted by Gasteiger charge is -2.11. The molecule has 0 saturated carbocycles. The summed E-state index contributed by atoms with van der Waals surface area (Å²) >= 11 is 0. The Morgan fingerprint density at radius 3 is 1.50 bits per heavy atom. The van der Waals surface area contributed by atoms with Crippen LogP contribution in [0.5, 0.6) is 0 Å². The molecule has 0 unspecified atom stereocenters. The minimum absolute atomic E-state index is 0.116. The minimum atomic E-state index is -1.68. The van der Waals surface area contributed by atoms with Crippen LogP contribution in [0.2, 0.25) is 0 Å². The summed E-state index contributed by atoms with van der Waals surface area (Å²) in [5.74, 6) is -1.68. The Bertz CT molecular complexity index is 239. The van der Waals surface area contributed by atoms with Gasteiger partial charge in [0.1, 0.15) is 0 Å². The van der Waals surface area contributed by atoms with Crippen molar-refractivity contribution in [3.05, 3.63) is 31.3 Å². The lowest BCUT2D eigenvalue weighted by atomic mass is 10.3. The molecule has 0 aromatic rings. The predicted molar refractivity (Wildman–Crippen MR) is 40.5 cm³/mol. The van der Waals surface area contributed by atoms with Crippen LogP contribution >= 0.6 is 0 Å². The Morgan fingerprint density at radius 1 is 1.00 bits per heavy atom. The van der Waals surface area contributed by atoms with E-state index in [1.165, 1.54) is 0 Å². The van der Waals surface area contributed by atoms with Crippen LogP contribution in [-0.2, 0) is 0 Å². The summed E-state index contributed by atoms with van der Waals surface area (Å²) in [5, 5.41) is 9.28. The first kappa shape index (κ1) is 9.93. The van der Waals surface area contributed by atoms with Gasteiger partial charge in [-0.3, -0.25) is 0 Å². The molecule has 0 bridgehead atoms. The third kappa shape index (κ3) is 2.28. The molecule has 0 rings (SSSR count). The Balaban J connectivity index is 5.13. The standard InChI is InChI=1S/C3H5N9/c1-2-3(7-10-4,8-11-5)9-12-6/h2H2,1H3. The number of hydrogen-bond donors (Lipinski definition) is 0. The molecule has 9 heteroatoms. The highest BCUT2D eigenvalue weighted by molar-refractivity contribution is 4.82. The van der Waals surface area contributed by atoms with E-state index in [-0.39, 0.29) is 6.42 Å². The summed E-state index contributed by atoms with van der Waals surface area (Å²) in [4.78, 5) is 7.23. The Morgan fingerprint density at radius 2 is 1.33 bits per heavy atom. The van der Waals surface area contributed by atoms with Crippen LogP contribution in [0.3, 0.4) is 0 Å². The molecule has 0 atom stereocenters. The lowest BCUT2D eigenvalue weighted by Crippen LogP contribution is -2.16. The van der Waals surface area contributed by atoms with Crippen molar-refractivity contribution >= 4 is 0 Å². The van der Waals surface area contributed by atoms with Crippen LogP contribution in [0, 0.1) is 0 Å². The van der Waals surface area contributed by atoms with Gasteiger partial charge in [-0.15, -0.1) is 0 Å². The van der Waals surface area contributed by atoms with Crippen LogP contribution < -0.4 is 0 Å². The zero-order valence-corrected chi connectivity index (χ0v) is 6.23. The van der Waals surface area contributed by atoms with Crippen LogP contribution in [-0.4, -0.2) is 5.79 Å². The number of rotatable bonds is 4. The predicted octanol–water partition coefficient (Wildman–Crippen LogP) is 2.98. The van der Waals surface area contributed by atoms with Gasteiger partial charge >= 0.3 is 0 Å². The van der Waals surface area contributed by atoms with Crippen LogP contribution in [0.4, 0.5) is 0 Å². The van der Waals surface area contributed by atoms with Gasteiger partial charge in [-0.25, -0.2) is 0 Å². The van der Waals surface area contributed by atoms with Crippen molar-refractivity contribution in [2.75, 3.05) is 0 Å². The fourth-order valence-electron chi connectivity index (χ4n) is 0.487. The molecule has 0 aliphatic heterocycles. The largest absolute Gasteiger partial charge is 0.204 e. The van der Waals surface area contributed by atoms with Gasteiger partial charge in [0.15, 0.2) is 0 Å². The number of hydrogen-bond acceptors (Lipinski definition) is 3. The van der Waals surface area contributed by atoms with E-state index in [0.29, 0.717) is 0 Å². The maximum absolute atomic E-state index is 8.08. The van der Waals surface area contributed by atoms with Crippen LogP contribution in [0.25, 0.3) is 31.3 Å². The molecule has 0 N–H and O–H groups in total. The summed E-state index contributed by atoms with van der Waals surface area (Å²) in [7, 11) is 0. The normalized spacial score (nSPS) is 12.8. The highest BCUT2D eigenvalue weighted by atomic mass is 15.4. The molecule has 62 valence electrons. The van der Waals surface area contributed by atoms with Crippen molar-refractivity contribution < 1.29 is 0 Å². The van der Waals surface area contributed by atoms with E-state index in [1.54, 1.807) is 6.92 Å². The molecule has 0 aromatic heterocycles. The Hall–Kier alpha value is -2.07. The molecule has 0 aliphatic carbocycles. The second kappa shape index (κ2) is 4.70. The van der Waals surface area contributed by atoms with Crippen LogP contribution in [0.1, 0.15) is 13.3 Å². The highest BCUT2D eigenvalue weighted by Crippen LogP contribution is 2.20. The van der Waals surface area contributed by atoms with E-state index >= 15 is 0 Å². The average Bonchev–Trinajstić information content (AvgIpc) is 2.06. The monoisotopic (exact) mass is 167 g/mol. The zero-order chi connectivity index (χ0) is 9.45. The third-order valence-electron chi connectivity index (χ3n) is 1.09. The topological polar surface area (TPSA) is 146 Å². The van der Waals surface area contributed by atoms with Crippen molar-refractivity contribution in [2.45, 2.75) is 19.1 Å². The molecule has 0 amide bonds. The van der Waals surface area contributed by atoms with Crippen molar-refractivity contribution in [3.8, 4) is 0 Å². The summed E-state index contributed by atoms with van der Waals surface area (Å²) in [6, 6.07) is 0. The first-order chi connectivity index (χ1) is 5.74. The molecular weight excluding hydrogens is 162 g/mol. The average molecular weight is 167 g/mol. The Kier molecular flexibility index (Phi) is 3.89. The fraction of sp³-hybridized carbons (Fsp3) is 1.00. The maximum atomic E-state index is 8.08. The van der Waals surface area contributed by atoms with E-state index in [9.17, 15) is 0 Å². The second-order valence-corrected chi connectivity index (χ2v) is 1.70. The third-order valence-corrected chi connectivity index (χ3v) is 1.09. The first-order valence-corrected chi connectivity index (χ1v) is 2.93. The van der Waals surface area contributed by atoms with Crippen molar-refractivity contribution in [3.63, 3.8) is 0 Å². The zero-order valence-electron chi connectivity index (χ0n) is 6.23. The molecule has 0 fully saturated rings. The van der Waals surface area contributed by atoms with Gasteiger partial charge in [0.05, 0.1) is 0 Å². The molecule has 0 heterocycles. The number of nitrogens with zero attached hydrogens (tertiary/aromatic N) is 9. The SMILES string of the molecule is CCC(N=[N+]=[N-])(N=[N+]=[N-])N=[N+]=[N-]. The van der Waals surface area contributed by atoms with Gasteiger partial charge in [0.25, 0.3) is 0 Å². The Labute approximate surface area is 66.9 Å². The van der Waals surface area contributed by atoms with E-state index in [4.69, 9.17) is 16.6 Å². The lowest BCUT2D eigenvalue weighted by molar-refractivity contribution is 0.440. The van der Waals surface area contributed by atoms with Gasteiger partial charge in [-0.05, 0) is 23.0 Å². The molecule has 12 heavy (non-hydrogen) atoms. The summed E-state index contributed by atoms with van der Waals surface area (Å²) < 4.78 is 0. The summed E-state index contributed by atoms with van der Waals surface area (Å²) in [6.45, 7) is 1.57. The van der Waals surface area contributed by atoms with Crippen molar-refractivity contribution in [2.24, 2.45) is 15.3 Å². The van der Waals surface area contributed by atoms with Gasteiger partial charge in [-0.1, -0.05) is 22.3 Å². The number of azide groups is 1. The van der Waals surface area contributed by atoms with Crippen molar-refractivity contribution in [1.29, 1.82) is 0 Å². The summed E-state index contributed by atoms with van der Waals surface area (Å²) in [6.07, 6.45) is 0.116. The molecule has 0 radical (unpaired) electrons. The van der Waals surface area contributed by atoms with Crippen molar-refractivity contribution in [1.82, 2.24) is 0 Å². The quantitative estimate of drug-likeness (QED) is 0.344. The van der Waals surface area contributed by atoms with E-state index in [1.807, 2.05) is 0 Å². The first-order valence-electron chi connectivity index (χ1n) is 2.93. The molecule has 0 aromatic carbocycles. The fourth-order valence-corrected chi connectivity index (χ4v) is 0.487. The van der Waals surface area contributed by atoms with Gasteiger partial charge < -0.3 is 0 Å². The second-order valence-electron chi connectivity index (χ2n) is 1.70. The minimum Gasteiger partial charge on any atom is -0.0751 e. The molecule has 0 aliphatic rings. The van der Waals surface area contributed by atoms with Gasteiger partial charge in [0, 0.05) is 14.7 Å². The highest BCUT2D eigenvalue weighted by Gasteiger charge is 2.22. The molecule has 9 nitrogen and oxygen atoms in total. The van der Waals surface area contributed by atoms with Gasteiger partial charge in [-0.2, -0.15) is 0 Å². The van der Waals surface area contributed by atoms with E-state index in [0.717, 1.165) is 0 Å². The van der Waals surface area contributed by atoms with Crippen LogP contribution in [0.15, 0.2) is 15.3 Å². The van der Waals surface area contributed by atoms with Gasteiger partial charge in [0.2, 0.25) is 5.79 Å². The maximum Gasteiger partial charge on any atom is 0.204 e. The smallest absolute Gasteiger partial charge is 0.0751 e. The molecular formula is C3H5N9. The molecule has 0 spiro atoms. The van der Waals surface area contributed by atoms with E-state index < -0.39 is 5.79 Å². The molecule has 0 saturated heterocycles.